The normalized spacial score (nSPS) is 13.6. The Labute approximate surface area is 376 Å². The van der Waals surface area contributed by atoms with Gasteiger partial charge in [0, 0.05) is 65.1 Å². The number of benzene rings is 7. The predicted molar refractivity (Wildman–Crippen MR) is 264 cm³/mol. The number of hydrogen-bond acceptors (Lipinski definition) is 4. The Morgan fingerprint density at radius 3 is 1.28 bits per heavy atom. The van der Waals surface area contributed by atoms with Gasteiger partial charge in [-0.15, -0.1) is 0 Å². The van der Waals surface area contributed by atoms with Gasteiger partial charge in [0.05, 0.1) is 79.9 Å². The number of para-hydroxylation sites is 5. The van der Waals surface area contributed by atoms with E-state index in [1.165, 1.54) is 53.2 Å². The van der Waals surface area contributed by atoms with E-state index >= 15 is 0 Å². The van der Waals surface area contributed by atoms with Crippen LogP contribution in [0, 0.1) is 0 Å². The van der Waals surface area contributed by atoms with Crippen LogP contribution in [-0.4, -0.2) is 28.7 Å². The van der Waals surface area contributed by atoms with Crippen LogP contribution in [0.4, 0.5) is 0 Å². The van der Waals surface area contributed by atoms with Gasteiger partial charge in [-0.05, 0) is 83.9 Å². The largest absolute Gasteiger partial charge is 0.308 e. The van der Waals surface area contributed by atoms with E-state index in [1.54, 1.807) is 0 Å². The van der Waals surface area contributed by atoms with Crippen LogP contribution in [0.15, 0.2) is 217 Å². The van der Waals surface area contributed by atoms with Crippen molar-refractivity contribution in [2.75, 3.05) is 0 Å². The Balaban J connectivity index is 1.08. The lowest BCUT2D eigenvalue weighted by molar-refractivity contribution is 0.717. The van der Waals surface area contributed by atoms with Crippen molar-refractivity contribution in [3.63, 3.8) is 0 Å². The number of fused-ring (bicyclic) bond motifs is 18. The molecule has 7 heterocycles. The molecule has 0 amide bonds. The molecule has 0 unspecified atom stereocenters. The third kappa shape index (κ3) is 4.57. The number of hydrogen-bond donors (Lipinski definition) is 0. The lowest BCUT2D eigenvalue weighted by Gasteiger charge is -2.39. The second-order valence-corrected chi connectivity index (χ2v) is 18.3. The molecule has 0 saturated carbocycles. The summed E-state index contributed by atoms with van der Waals surface area (Å²) in [4.78, 5) is 18.1. The third-order valence-electron chi connectivity index (χ3n) is 14.1. The molecular weight excluding hydrogens is 813 g/mol. The fraction of sp³-hybridized carbons (Fsp3) is 0.0172. The molecule has 15 rings (SSSR count). The fourth-order valence-corrected chi connectivity index (χ4v) is 12.7. The summed E-state index contributed by atoms with van der Waals surface area (Å²) in [6, 6.07) is 66.5. The minimum absolute atomic E-state index is 0.793. The molecule has 0 radical (unpaired) electrons. The Morgan fingerprint density at radius 1 is 0.338 bits per heavy atom. The molecule has 0 atom stereocenters. The molecule has 6 nitrogen and oxygen atoms in total. The first-order chi connectivity index (χ1) is 32.3. The van der Waals surface area contributed by atoms with Crippen molar-refractivity contribution in [1.29, 1.82) is 0 Å². The van der Waals surface area contributed by atoms with Crippen LogP contribution in [0.3, 0.4) is 0 Å². The van der Waals surface area contributed by atoms with Gasteiger partial charge >= 0.3 is 0 Å². The standard InChI is InChI=1S/C58H34N6S/c1-8-20-49-38(13-1)39-14-2-9-21-50(39)63(49)36-30-46-56(60-32-36)57-47(31-37(33-61-57)64-51-22-10-3-15-40(51)41-16-4-11-23-52(41)64)58(46)44-18-6-12-24-54(44)65-55-26-25-35(29-45(55)58)62-48-19-7-5-17-42(48)43-27-28-59-34-53(43)62/h1-34H. The monoisotopic (exact) mass is 846 g/mol. The Hall–Kier alpha value is -8.26. The zero-order valence-corrected chi connectivity index (χ0v) is 35.5. The van der Waals surface area contributed by atoms with E-state index in [4.69, 9.17) is 9.97 Å². The molecular formula is C58H34N6S. The maximum absolute atomic E-state index is 5.50. The lowest BCUT2D eigenvalue weighted by atomic mass is 9.67. The highest BCUT2D eigenvalue weighted by atomic mass is 32.2. The summed E-state index contributed by atoms with van der Waals surface area (Å²) in [5.74, 6) is 0. The number of nitrogens with zero attached hydrogens (tertiary/aromatic N) is 6. The Morgan fingerprint density at radius 2 is 0.754 bits per heavy atom. The van der Waals surface area contributed by atoms with Gasteiger partial charge in [0.1, 0.15) is 0 Å². The van der Waals surface area contributed by atoms with E-state index in [9.17, 15) is 0 Å². The van der Waals surface area contributed by atoms with E-state index in [0.717, 1.165) is 72.7 Å². The SMILES string of the molecule is c1ccc2c(c1)Sc1ccc(-n3c4ccccc4c4ccncc43)cc1C21c2cc(-n3c4ccccc4c4ccccc43)cnc2-c2ncc(-n3c4ccccc4c4ccccc43)cc21. The average Bonchev–Trinajstić information content (AvgIpc) is 4.08. The maximum atomic E-state index is 5.50. The molecule has 0 bridgehead atoms. The molecule has 1 aliphatic carbocycles. The first-order valence-corrected chi connectivity index (χ1v) is 22.8. The highest BCUT2D eigenvalue weighted by Crippen LogP contribution is 2.62. The summed E-state index contributed by atoms with van der Waals surface area (Å²) in [7, 11) is 0. The van der Waals surface area contributed by atoms with Gasteiger partial charge in [-0.1, -0.05) is 121 Å². The Kier molecular flexibility index (Phi) is 7.00. The second-order valence-electron chi connectivity index (χ2n) is 17.2. The molecule has 0 fully saturated rings. The third-order valence-corrected chi connectivity index (χ3v) is 15.2. The molecule has 302 valence electrons. The van der Waals surface area contributed by atoms with Crippen molar-refractivity contribution in [1.82, 2.24) is 28.7 Å². The first kappa shape index (κ1) is 35.2. The molecule has 1 aliphatic heterocycles. The van der Waals surface area contributed by atoms with E-state index < -0.39 is 5.41 Å². The highest BCUT2D eigenvalue weighted by Gasteiger charge is 2.52. The van der Waals surface area contributed by atoms with Crippen LogP contribution in [-0.2, 0) is 5.41 Å². The van der Waals surface area contributed by atoms with Gasteiger partial charge in [0.15, 0.2) is 0 Å². The van der Waals surface area contributed by atoms with Crippen LogP contribution < -0.4 is 0 Å². The van der Waals surface area contributed by atoms with Gasteiger partial charge in [0.25, 0.3) is 0 Å². The van der Waals surface area contributed by atoms with Gasteiger partial charge in [-0.3, -0.25) is 15.0 Å². The average molecular weight is 847 g/mol. The number of aromatic nitrogens is 6. The van der Waals surface area contributed by atoms with Crippen molar-refractivity contribution >= 4 is 77.2 Å². The predicted octanol–water partition coefficient (Wildman–Crippen LogP) is 14.0. The van der Waals surface area contributed by atoms with Gasteiger partial charge < -0.3 is 13.7 Å². The van der Waals surface area contributed by atoms with Crippen molar-refractivity contribution in [2.24, 2.45) is 0 Å². The topological polar surface area (TPSA) is 53.5 Å². The smallest absolute Gasteiger partial charge is 0.0939 e. The van der Waals surface area contributed by atoms with E-state index in [0.29, 0.717) is 0 Å². The number of rotatable bonds is 3. The van der Waals surface area contributed by atoms with E-state index in [2.05, 4.69) is 213 Å². The van der Waals surface area contributed by atoms with Crippen molar-refractivity contribution < 1.29 is 0 Å². The number of pyridine rings is 3. The summed E-state index contributed by atoms with van der Waals surface area (Å²) in [6.07, 6.45) is 7.99. The Bertz CT molecular complexity index is 3870. The molecule has 13 aromatic rings. The van der Waals surface area contributed by atoms with Crippen LogP contribution in [0.5, 0.6) is 0 Å². The van der Waals surface area contributed by atoms with Crippen LogP contribution in [0.1, 0.15) is 22.3 Å². The minimum Gasteiger partial charge on any atom is -0.308 e. The summed E-state index contributed by atoms with van der Waals surface area (Å²) >= 11 is 1.84. The molecule has 0 N–H and O–H groups in total. The first-order valence-electron chi connectivity index (χ1n) is 22.0. The van der Waals surface area contributed by atoms with Crippen molar-refractivity contribution in [3.05, 3.63) is 229 Å². The summed E-state index contributed by atoms with van der Waals surface area (Å²) in [5.41, 5.74) is 15.6. The molecule has 65 heavy (non-hydrogen) atoms. The molecule has 0 saturated heterocycles. The minimum atomic E-state index is -0.793. The van der Waals surface area contributed by atoms with Crippen molar-refractivity contribution in [3.8, 4) is 28.5 Å². The fourth-order valence-electron chi connectivity index (χ4n) is 11.5. The molecule has 7 aromatic carbocycles. The molecule has 6 aromatic heterocycles. The zero-order valence-electron chi connectivity index (χ0n) is 34.7. The lowest BCUT2D eigenvalue weighted by Crippen LogP contribution is -2.32. The summed E-state index contributed by atoms with van der Waals surface area (Å²) in [5, 5.41) is 7.25. The maximum Gasteiger partial charge on any atom is 0.0939 e. The molecule has 7 heteroatoms. The van der Waals surface area contributed by atoms with Gasteiger partial charge in [0.2, 0.25) is 0 Å². The second kappa shape index (κ2) is 12.9. The van der Waals surface area contributed by atoms with Crippen LogP contribution >= 0.6 is 11.8 Å². The molecule has 2 aliphatic rings. The van der Waals surface area contributed by atoms with Crippen LogP contribution in [0.25, 0.3) is 93.9 Å². The molecule has 1 spiro atoms. The quantitative estimate of drug-likeness (QED) is 0.178. The van der Waals surface area contributed by atoms with E-state index in [1.807, 2.05) is 24.2 Å². The summed E-state index contributed by atoms with van der Waals surface area (Å²) < 4.78 is 7.15. The van der Waals surface area contributed by atoms with Crippen LogP contribution in [0.2, 0.25) is 0 Å². The zero-order chi connectivity index (χ0) is 42.4. The van der Waals surface area contributed by atoms with Gasteiger partial charge in [-0.2, -0.15) is 0 Å². The summed E-state index contributed by atoms with van der Waals surface area (Å²) in [6.45, 7) is 0. The van der Waals surface area contributed by atoms with E-state index in [-0.39, 0.29) is 0 Å². The van der Waals surface area contributed by atoms with Gasteiger partial charge in [-0.25, -0.2) is 0 Å². The highest BCUT2D eigenvalue weighted by molar-refractivity contribution is 7.99. The van der Waals surface area contributed by atoms with Crippen molar-refractivity contribution in [2.45, 2.75) is 15.2 Å².